The number of hydrogen-bond donors (Lipinski definition) is 0. The van der Waals surface area contributed by atoms with Crippen LogP contribution in [0.5, 0.6) is 5.75 Å². The van der Waals surface area contributed by atoms with E-state index in [9.17, 15) is 14.4 Å². The molecular weight excluding hydrogens is 663 g/mol. The predicted molar refractivity (Wildman–Crippen MR) is 196 cm³/mol. The number of amides is 1. The van der Waals surface area contributed by atoms with E-state index in [1.807, 2.05) is 39.8 Å². The van der Waals surface area contributed by atoms with E-state index in [0.717, 1.165) is 17.5 Å². The topological polar surface area (TPSA) is 122 Å². The number of aryl methyl sites for hydroxylation is 1. The standard InChI is InChI=1S/C39H57BN4O8/c1-23-24(15-16-40-51-30-18-25-17-29(38(25,8)9)39(30,10)52-40)13-14-28(31(23)34(46)49-36(2,3)4)48-26-19-43(20-26)33(45)32(42(11)12)27-21-44(22-41-27)35(47)50-37(5,6)7/h13-14,21-22,25-26,29-30,32H,15-20H2,1-12H3/t25-,29-,30+,32?,39-/m0/s1. The maximum absolute atomic E-state index is 13.7. The van der Waals surface area contributed by atoms with Crippen LogP contribution >= 0.6 is 0 Å². The van der Waals surface area contributed by atoms with Gasteiger partial charge in [0.25, 0.3) is 0 Å². The first kappa shape index (κ1) is 38.3. The Hall–Kier alpha value is -3.42. The third-order valence-corrected chi connectivity index (χ3v) is 11.5. The van der Waals surface area contributed by atoms with Crippen molar-refractivity contribution in [3.63, 3.8) is 0 Å². The second-order valence-corrected chi connectivity index (χ2v) is 18.2. The quantitative estimate of drug-likeness (QED) is 0.222. The number of imidazole rings is 1. The minimum atomic E-state index is -0.708. The Kier molecular flexibility index (Phi) is 9.92. The van der Waals surface area contributed by atoms with Crippen molar-refractivity contribution in [3.8, 4) is 5.75 Å². The molecule has 5 fully saturated rings. The molecule has 0 spiro atoms. The summed E-state index contributed by atoms with van der Waals surface area (Å²) in [6, 6.07) is 3.14. The number of esters is 1. The molecule has 2 aromatic rings. The fourth-order valence-electron chi connectivity index (χ4n) is 8.58. The monoisotopic (exact) mass is 720 g/mol. The predicted octanol–water partition coefficient (Wildman–Crippen LogP) is 6.09. The van der Waals surface area contributed by atoms with E-state index in [1.54, 1.807) is 44.7 Å². The van der Waals surface area contributed by atoms with Gasteiger partial charge in [0.15, 0.2) is 0 Å². The van der Waals surface area contributed by atoms with Gasteiger partial charge in [0.2, 0.25) is 5.91 Å². The number of aromatic nitrogens is 2. The maximum atomic E-state index is 13.7. The van der Waals surface area contributed by atoms with Crippen LogP contribution in [0.1, 0.15) is 108 Å². The zero-order valence-corrected chi connectivity index (χ0v) is 33.1. The highest BCUT2D eigenvalue weighted by molar-refractivity contribution is 6.45. The average molecular weight is 721 g/mol. The molecule has 1 aromatic carbocycles. The molecule has 1 unspecified atom stereocenters. The lowest BCUT2D eigenvalue weighted by molar-refractivity contribution is -0.199. The minimum Gasteiger partial charge on any atom is -0.486 e. The van der Waals surface area contributed by atoms with E-state index < -0.39 is 29.3 Å². The first-order valence-corrected chi connectivity index (χ1v) is 18.7. The molecule has 284 valence electrons. The molecule has 0 N–H and O–H groups in total. The molecule has 1 amide bonds. The summed E-state index contributed by atoms with van der Waals surface area (Å²) in [6.07, 6.45) is 5.74. The largest absolute Gasteiger partial charge is 0.486 e. The van der Waals surface area contributed by atoms with Crippen LogP contribution in [0.4, 0.5) is 4.79 Å². The van der Waals surface area contributed by atoms with Crippen LogP contribution in [0.3, 0.4) is 0 Å². The van der Waals surface area contributed by atoms with Crippen molar-refractivity contribution in [3.05, 3.63) is 47.0 Å². The van der Waals surface area contributed by atoms with Gasteiger partial charge in [-0.3, -0.25) is 9.69 Å². The van der Waals surface area contributed by atoms with Crippen molar-refractivity contribution in [2.45, 2.75) is 130 Å². The third-order valence-electron chi connectivity index (χ3n) is 11.5. The van der Waals surface area contributed by atoms with E-state index in [1.165, 1.54) is 23.5 Å². The Balaban J connectivity index is 1.12. The molecule has 52 heavy (non-hydrogen) atoms. The van der Waals surface area contributed by atoms with Gasteiger partial charge in [-0.05, 0) is 130 Å². The number of benzene rings is 1. The van der Waals surface area contributed by atoms with Gasteiger partial charge < -0.3 is 28.4 Å². The van der Waals surface area contributed by atoms with E-state index >= 15 is 0 Å². The minimum absolute atomic E-state index is 0.125. The molecule has 0 radical (unpaired) electrons. The second-order valence-electron chi connectivity index (χ2n) is 18.2. The molecule has 3 heterocycles. The molecule has 2 saturated heterocycles. The molecule has 3 saturated carbocycles. The highest BCUT2D eigenvalue weighted by Gasteiger charge is 2.67. The lowest BCUT2D eigenvalue weighted by atomic mass is 9.43. The summed E-state index contributed by atoms with van der Waals surface area (Å²) in [5.74, 6) is 1.01. The van der Waals surface area contributed by atoms with Gasteiger partial charge in [-0.25, -0.2) is 19.1 Å². The average Bonchev–Trinajstić information content (AvgIpc) is 3.60. The van der Waals surface area contributed by atoms with Gasteiger partial charge >= 0.3 is 19.2 Å². The summed E-state index contributed by atoms with van der Waals surface area (Å²) in [5, 5.41) is 0. The number of likely N-dealkylation sites (N-methyl/N-ethyl adjacent to an activating group) is 1. The van der Waals surface area contributed by atoms with E-state index in [0.29, 0.717) is 54.7 Å². The van der Waals surface area contributed by atoms with Gasteiger partial charge in [-0.15, -0.1) is 0 Å². The summed E-state index contributed by atoms with van der Waals surface area (Å²) in [5.41, 5.74) is 1.31. The number of carbonyl (C=O) groups is 3. The number of likely N-dealkylation sites (tertiary alicyclic amines) is 1. The number of ether oxygens (including phenoxy) is 3. The molecule has 13 heteroatoms. The summed E-state index contributed by atoms with van der Waals surface area (Å²) >= 11 is 0. The third kappa shape index (κ3) is 7.37. The van der Waals surface area contributed by atoms with Crippen molar-refractivity contribution in [1.29, 1.82) is 0 Å². The molecule has 3 aliphatic carbocycles. The lowest BCUT2D eigenvalue weighted by Gasteiger charge is -2.64. The Labute approximate surface area is 309 Å². The van der Waals surface area contributed by atoms with Crippen LogP contribution in [0.15, 0.2) is 24.7 Å². The zero-order valence-electron chi connectivity index (χ0n) is 33.1. The fraction of sp³-hybridized carbons (Fsp3) is 0.692. The Morgan fingerprint density at radius 2 is 1.71 bits per heavy atom. The van der Waals surface area contributed by atoms with Crippen molar-refractivity contribution in [2.75, 3.05) is 27.2 Å². The molecule has 1 aromatic heterocycles. The summed E-state index contributed by atoms with van der Waals surface area (Å²) < 4.78 is 32.1. The molecule has 7 rings (SSSR count). The summed E-state index contributed by atoms with van der Waals surface area (Å²) in [4.78, 5) is 47.8. The number of hydrogen-bond acceptors (Lipinski definition) is 10. The molecule has 5 aliphatic rings. The van der Waals surface area contributed by atoms with Crippen LogP contribution < -0.4 is 4.74 Å². The van der Waals surface area contributed by atoms with Crippen LogP contribution in [0, 0.1) is 24.2 Å². The van der Waals surface area contributed by atoms with Gasteiger partial charge in [0.1, 0.15) is 41.0 Å². The number of nitrogens with zero attached hydrogens (tertiary/aromatic N) is 4. The first-order chi connectivity index (χ1) is 24.1. The van der Waals surface area contributed by atoms with Gasteiger partial charge in [0.05, 0.1) is 30.5 Å². The summed E-state index contributed by atoms with van der Waals surface area (Å²) in [7, 11) is 3.30. The summed E-state index contributed by atoms with van der Waals surface area (Å²) in [6.45, 7) is 20.5. The SMILES string of the molecule is Cc1c(CCB2O[C@@H]3C[C@@H]4C[C@@H](C4(C)C)[C@]3(C)O2)ccc(OC2CN(C(=O)C(c3cn(C(=O)OC(C)(C)C)cn3)N(C)C)C2)c1C(=O)OC(C)(C)C. The van der Waals surface area contributed by atoms with Crippen LogP contribution in [0.25, 0.3) is 0 Å². The molecule has 2 aliphatic heterocycles. The Morgan fingerprint density at radius 3 is 2.33 bits per heavy atom. The van der Waals surface area contributed by atoms with Crippen LogP contribution in [-0.4, -0.2) is 101 Å². The van der Waals surface area contributed by atoms with Gasteiger partial charge in [0, 0.05) is 6.20 Å². The normalized spacial score (nSPS) is 26.0. The van der Waals surface area contributed by atoms with E-state index in [2.05, 4.69) is 25.8 Å². The first-order valence-electron chi connectivity index (χ1n) is 18.7. The zero-order chi connectivity index (χ0) is 38.1. The lowest BCUT2D eigenvalue weighted by Crippen LogP contribution is -2.65. The maximum Gasteiger partial charge on any atom is 0.457 e. The van der Waals surface area contributed by atoms with Crippen molar-refractivity contribution in [1.82, 2.24) is 19.4 Å². The second kappa shape index (κ2) is 13.5. The molecule has 5 atom stereocenters. The highest BCUT2D eigenvalue weighted by Crippen LogP contribution is 2.65. The van der Waals surface area contributed by atoms with Gasteiger partial charge in [-0.2, -0.15) is 0 Å². The van der Waals surface area contributed by atoms with Crippen molar-refractivity contribution >= 4 is 25.1 Å². The van der Waals surface area contributed by atoms with Crippen molar-refractivity contribution < 1.29 is 37.9 Å². The molecule has 12 nitrogen and oxygen atoms in total. The van der Waals surface area contributed by atoms with Gasteiger partial charge in [-0.1, -0.05) is 19.9 Å². The molecular formula is C39H57BN4O8. The Bertz CT molecular complexity index is 1700. The van der Waals surface area contributed by atoms with Crippen LogP contribution in [-0.2, 0) is 30.0 Å². The van der Waals surface area contributed by atoms with E-state index in [4.69, 9.17) is 23.5 Å². The number of rotatable bonds is 9. The Morgan fingerprint density at radius 1 is 1.04 bits per heavy atom. The van der Waals surface area contributed by atoms with Crippen molar-refractivity contribution in [2.24, 2.45) is 17.3 Å². The smallest absolute Gasteiger partial charge is 0.457 e. The highest BCUT2D eigenvalue weighted by atomic mass is 16.7. The molecule has 2 bridgehead atoms. The van der Waals surface area contributed by atoms with Crippen LogP contribution in [0.2, 0.25) is 6.32 Å². The fourth-order valence-corrected chi connectivity index (χ4v) is 8.58. The van der Waals surface area contributed by atoms with E-state index in [-0.39, 0.29) is 36.2 Å². The number of carbonyl (C=O) groups excluding carboxylic acids is 3.